The Morgan fingerprint density at radius 1 is 1.60 bits per heavy atom. The molecule has 1 aliphatic rings. The Bertz CT molecular complexity index is 493. The minimum absolute atomic E-state index is 0.0300. The molecule has 6 heteroatoms. The summed E-state index contributed by atoms with van der Waals surface area (Å²) in [6.45, 7) is 2.05. The molecular weight excluding hydrogens is 261 g/mol. The van der Waals surface area contributed by atoms with E-state index in [1.807, 2.05) is 0 Å². The van der Waals surface area contributed by atoms with Gasteiger partial charge in [0, 0.05) is 24.6 Å². The van der Waals surface area contributed by atoms with Gasteiger partial charge >= 0.3 is 0 Å². The maximum atomic E-state index is 14.1. The Morgan fingerprint density at radius 3 is 3.10 bits per heavy atom. The molecule has 1 aromatic rings. The zero-order valence-electron chi connectivity index (χ0n) is 11.6. The number of likely N-dealkylation sites (tertiary alicyclic amines) is 1. The van der Waals surface area contributed by atoms with Crippen LogP contribution in [0.25, 0.3) is 0 Å². The highest BCUT2D eigenvalue weighted by Crippen LogP contribution is 2.24. The summed E-state index contributed by atoms with van der Waals surface area (Å²) in [5.74, 6) is 0.219. The van der Waals surface area contributed by atoms with E-state index in [2.05, 4.69) is 10.1 Å². The topological polar surface area (TPSA) is 71.1 Å². The van der Waals surface area contributed by atoms with Crippen LogP contribution in [0.2, 0.25) is 0 Å². The molecule has 20 heavy (non-hydrogen) atoms. The zero-order valence-corrected chi connectivity index (χ0v) is 11.6. The molecule has 5 nitrogen and oxygen atoms in total. The van der Waals surface area contributed by atoms with Crippen molar-refractivity contribution in [3.8, 4) is 5.75 Å². The van der Waals surface area contributed by atoms with Gasteiger partial charge in [-0.1, -0.05) is 17.3 Å². The van der Waals surface area contributed by atoms with Crippen LogP contribution in [0.1, 0.15) is 18.4 Å². The predicted molar refractivity (Wildman–Crippen MR) is 74.4 cm³/mol. The highest BCUT2D eigenvalue weighted by atomic mass is 19.1. The highest BCUT2D eigenvalue weighted by Gasteiger charge is 2.24. The van der Waals surface area contributed by atoms with E-state index < -0.39 is 0 Å². The third-order valence-corrected chi connectivity index (χ3v) is 3.70. The second kappa shape index (κ2) is 6.56. The van der Waals surface area contributed by atoms with Gasteiger partial charge in [0.2, 0.25) is 0 Å². The van der Waals surface area contributed by atoms with E-state index in [-0.39, 0.29) is 23.3 Å². The number of nitrogens with two attached hydrogens (primary N) is 1. The van der Waals surface area contributed by atoms with E-state index in [1.54, 1.807) is 18.2 Å². The Hall–Kier alpha value is -1.82. The molecule has 1 aromatic carbocycles. The summed E-state index contributed by atoms with van der Waals surface area (Å²) in [5, 5.41) is 11.8. The number of hydrogen-bond acceptors (Lipinski definition) is 4. The molecule has 1 atom stereocenters. The van der Waals surface area contributed by atoms with Crippen molar-refractivity contribution in [2.45, 2.75) is 19.4 Å². The Balaban J connectivity index is 2.06. The van der Waals surface area contributed by atoms with Gasteiger partial charge in [0.15, 0.2) is 11.6 Å². The van der Waals surface area contributed by atoms with Crippen LogP contribution >= 0.6 is 0 Å². The van der Waals surface area contributed by atoms with Crippen LogP contribution in [0.4, 0.5) is 4.39 Å². The lowest BCUT2D eigenvalue weighted by atomic mass is 9.96. The lowest BCUT2D eigenvalue weighted by Crippen LogP contribution is -2.40. The van der Waals surface area contributed by atoms with Crippen molar-refractivity contribution in [2.24, 2.45) is 16.8 Å². The lowest BCUT2D eigenvalue weighted by molar-refractivity contribution is 0.190. The van der Waals surface area contributed by atoms with Gasteiger partial charge in [0.1, 0.15) is 5.84 Å². The number of ether oxygens (including phenoxy) is 1. The molecule has 0 aromatic heterocycles. The predicted octanol–water partition coefficient (Wildman–Crippen LogP) is 1.79. The number of amidine groups is 1. The van der Waals surface area contributed by atoms with Crippen LogP contribution in [0.15, 0.2) is 23.4 Å². The van der Waals surface area contributed by atoms with Gasteiger partial charge in [0.05, 0.1) is 7.11 Å². The van der Waals surface area contributed by atoms with Gasteiger partial charge in [0.25, 0.3) is 0 Å². The van der Waals surface area contributed by atoms with Crippen LogP contribution in [0, 0.1) is 11.7 Å². The van der Waals surface area contributed by atoms with E-state index in [0.29, 0.717) is 18.7 Å². The maximum Gasteiger partial charge on any atom is 0.169 e. The number of hydrogen-bond donors (Lipinski definition) is 2. The summed E-state index contributed by atoms with van der Waals surface area (Å²) >= 11 is 0. The summed E-state index contributed by atoms with van der Waals surface area (Å²) in [6, 6.07) is 5.14. The van der Waals surface area contributed by atoms with Gasteiger partial charge in [-0.3, -0.25) is 4.90 Å². The minimum Gasteiger partial charge on any atom is -0.494 e. The number of halogens is 1. The van der Waals surface area contributed by atoms with Crippen molar-refractivity contribution >= 4 is 5.84 Å². The molecule has 1 saturated heterocycles. The number of piperidine rings is 1. The van der Waals surface area contributed by atoms with Crippen LogP contribution in [-0.4, -0.2) is 36.1 Å². The summed E-state index contributed by atoms with van der Waals surface area (Å²) in [5.41, 5.74) is 6.26. The average molecular weight is 281 g/mol. The number of oxime groups is 1. The summed E-state index contributed by atoms with van der Waals surface area (Å²) in [6.07, 6.45) is 1.85. The summed E-state index contributed by atoms with van der Waals surface area (Å²) < 4.78 is 19.1. The van der Waals surface area contributed by atoms with E-state index in [9.17, 15) is 4.39 Å². The second-order valence-corrected chi connectivity index (χ2v) is 5.03. The Kier molecular flexibility index (Phi) is 4.79. The molecule has 0 bridgehead atoms. The Morgan fingerprint density at radius 2 is 2.40 bits per heavy atom. The van der Waals surface area contributed by atoms with Crippen molar-refractivity contribution in [3.05, 3.63) is 29.6 Å². The van der Waals surface area contributed by atoms with Crippen molar-refractivity contribution in [1.82, 2.24) is 4.90 Å². The van der Waals surface area contributed by atoms with Gasteiger partial charge in [-0.2, -0.15) is 0 Å². The summed E-state index contributed by atoms with van der Waals surface area (Å²) in [7, 11) is 1.46. The van der Waals surface area contributed by atoms with Crippen LogP contribution in [0.3, 0.4) is 0 Å². The highest BCUT2D eigenvalue weighted by molar-refractivity contribution is 5.82. The third-order valence-electron chi connectivity index (χ3n) is 3.70. The largest absolute Gasteiger partial charge is 0.494 e. The number of nitrogens with zero attached hydrogens (tertiary/aromatic N) is 2. The number of benzene rings is 1. The fourth-order valence-corrected chi connectivity index (χ4v) is 2.60. The van der Waals surface area contributed by atoms with Crippen LogP contribution in [-0.2, 0) is 6.54 Å². The quantitative estimate of drug-likeness (QED) is 0.382. The van der Waals surface area contributed by atoms with Gasteiger partial charge in [-0.05, 0) is 25.5 Å². The molecule has 0 radical (unpaired) electrons. The first-order chi connectivity index (χ1) is 9.65. The first-order valence-electron chi connectivity index (χ1n) is 6.67. The monoisotopic (exact) mass is 281 g/mol. The normalized spacial score (nSPS) is 20.9. The van der Waals surface area contributed by atoms with Crippen molar-refractivity contribution in [2.75, 3.05) is 20.2 Å². The summed E-state index contributed by atoms with van der Waals surface area (Å²) in [4.78, 5) is 2.12. The fourth-order valence-electron chi connectivity index (χ4n) is 2.60. The molecule has 110 valence electrons. The molecule has 1 unspecified atom stereocenters. The molecule has 0 amide bonds. The van der Waals surface area contributed by atoms with Gasteiger partial charge < -0.3 is 15.7 Å². The number of rotatable bonds is 4. The third kappa shape index (κ3) is 3.19. The molecule has 1 aliphatic heterocycles. The first-order valence-corrected chi connectivity index (χ1v) is 6.67. The standard InChI is InChI=1S/C14H20FN3O2/c1-20-12-6-2-4-10(13(12)15)8-18-7-3-5-11(9-18)14(16)17-19/h2,4,6,11,19H,3,5,7-9H2,1H3,(H2,16,17). The van der Waals surface area contributed by atoms with E-state index in [0.717, 1.165) is 19.4 Å². The lowest BCUT2D eigenvalue weighted by Gasteiger charge is -2.32. The molecular formula is C14H20FN3O2. The van der Waals surface area contributed by atoms with E-state index >= 15 is 0 Å². The van der Waals surface area contributed by atoms with Crippen molar-refractivity contribution < 1.29 is 14.3 Å². The first kappa shape index (κ1) is 14.6. The van der Waals surface area contributed by atoms with Gasteiger partial charge in [-0.15, -0.1) is 0 Å². The number of methoxy groups -OCH3 is 1. The zero-order chi connectivity index (χ0) is 14.5. The SMILES string of the molecule is COc1cccc(CN2CCCC(/C(N)=N/O)C2)c1F. The van der Waals surface area contributed by atoms with Crippen molar-refractivity contribution in [3.63, 3.8) is 0 Å². The molecule has 0 spiro atoms. The molecule has 0 aliphatic carbocycles. The van der Waals surface area contributed by atoms with Crippen molar-refractivity contribution in [1.29, 1.82) is 0 Å². The average Bonchev–Trinajstić information content (AvgIpc) is 2.49. The molecule has 1 fully saturated rings. The molecule has 2 rings (SSSR count). The van der Waals surface area contributed by atoms with Crippen LogP contribution < -0.4 is 10.5 Å². The van der Waals surface area contributed by atoms with E-state index in [4.69, 9.17) is 15.7 Å². The van der Waals surface area contributed by atoms with Gasteiger partial charge in [-0.25, -0.2) is 4.39 Å². The molecule has 1 heterocycles. The fraction of sp³-hybridized carbons (Fsp3) is 0.500. The molecule has 0 saturated carbocycles. The van der Waals surface area contributed by atoms with E-state index in [1.165, 1.54) is 7.11 Å². The second-order valence-electron chi connectivity index (χ2n) is 5.03. The molecule has 3 N–H and O–H groups in total. The maximum absolute atomic E-state index is 14.1. The Labute approximate surface area is 117 Å². The smallest absolute Gasteiger partial charge is 0.169 e. The minimum atomic E-state index is -0.319. The van der Waals surface area contributed by atoms with Crippen LogP contribution in [0.5, 0.6) is 5.75 Å².